The van der Waals surface area contributed by atoms with Crippen molar-refractivity contribution in [2.24, 2.45) is 11.5 Å². The highest BCUT2D eigenvalue weighted by Gasteiger charge is 2.32. The lowest BCUT2D eigenvalue weighted by molar-refractivity contribution is -0.134. The maximum Gasteiger partial charge on any atom is 0.245 e. The monoisotopic (exact) mass is 902 g/mol. The minimum atomic E-state index is -1.72. The number of carbonyl (C=O) groups excluding carboxylic acids is 6. The van der Waals surface area contributed by atoms with E-state index in [9.17, 15) is 49.2 Å². The normalized spacial score (nSPS) is 14.5. The van der Waals surface area contributed by atoms with Crippen LogP contribution in [-0.4, -0.2) is 138 Å². The first kappa shape index (κ1) is 58.9. The first-order chi connectivity index (χ1) is 30.1. The Hall–Kier alpha value is -4.15. The minimum absolute atomic E-state index is 0.0220. The second-order valence-electron chi connectivity index (χ2n) is 16.1. The fourth-order valence-electron chi connectivity index (χ4n) is 6.75. The number of nitrogens with two attached hydrogens (primary N) is 2. The predicted octanol–water partition coefficient (Wildman–Crippen LogP) is -0.959. The highest BCUT2D eigenvalue weighted by atomic mass is 16.3. The van der Waals surface area contributed by atoms with Gasteiger partial charge in [0.05, 0.1) is 31.8 Å². The summed E-state index contributed by atoms with van der Waals surface area (Å²) in [7, 11) is 1.41. The fraction of sp³-hybridized carbons (Fsp3) is 0.833. The molecule has 21 nitrogen and oxygen atoms in total. The summed E-state index contributed by atoms with van der Waals surface area (Å²) in [5, 5.41) is 70.2. The molecular weight excluding hydrogens is 819 g/mol. The number of rotatable bonds is 40. The Kier molecular flexibility index (Phi) is 34.8. The van der Waals surface area contributed by atoms with Crippen LogP contribution in [0.25, 0.3) is 0 Å². The molecule has 21 heteroatoms. The van der Waals surface area contributed by atoms with Gasteiger partial charge in [0.15, 0.2) is 5.96 Å². The first-order valence-electron chi connectivity index (χ1n) is 23.0. The van der Waals surface area contributed by atoms with Crippen molar-refractivity contribution in [2.45, 2.75) is 191 Å². The van der Waals surface area contributed by atoms with Crippen molar-refractivity contribution in [3.63, 3.8) is 0 Å². The summed E-state index contributed by atoms with van der Waals surface area (Å²) in [6.07, 6.45) is 13.5. The number of primary amides is 1. The number of nitrogens with one attached hydrogen (secondary N) is 9. The van der Waals surface area contributed by atoms with Gasteiger partial charge in [0.25, 0.3) is 0 Å². The molecule has 0 radical (unpaired) electrons. The minimum Gasteiger partial charge on any atom is -0.394 e. The number of likely N-dealkylation sites (N-methyl/N-ethyl adjacent to an activating group) is 1. The van der Waals surface area contributed by atoms with Crippen LogP contribution in [0.2, 0.25) is 0 Å². The number of unbranched alkanes of at least 4 members (excludes halogenated alkanes) is 13. The lowest BCUT2D eigenvalue weighted by Crippen LogP contribution is -2.62. The summed E-state index contributed by atoms with van der Waals surface area (Å²) in [4.78, 5) is 75.9. The van der Waals surface area contributed by atoms with Gasteiger partial charge in [0, 0.05) is 32.5 Å². The molecule has 0 unspecified atom stereocenters. The number of carbonyl (C=O) groups is 6. The van der Waals surface area contributed by atoms with Crippen LogP contribution in [0.3, 0.4) is 0 Å². The Balaban J connectivity index is 5.41. The Morgan fingerprint density at radius 2 is 1.06 bits per heavy atom. The Morgan fingerprint density at radius 3 is 1.59 bits per heavy atom. The molecule has 366 valence electrons. The van der Waals surface area contributed by atoms with Crippen LogP contribution in [0.1, 0.15) is 149 Å². The largest absolute Gasteiger partial charge is 0.394 e. The number of guanidine groups is 1. The molecule has 0 aliphatic rings. The summed E-state index contributed by atoms with van der Waals surface area (Å²) in [5.74, 6) is -4.22. The zero-order valence-corrected chi connectivity index (χ0v) is 38.1. The molecule has 0 fully saturated rings. The third kappa shape index (κ3) is 29.8. The molecule has 6 amide bonds. The second-order valence-corrected chi connectivity index (χ2v) is 16.1. The van der Waals surface area contributed by atoms with Crippen LogP contribution in [0.4, 0.5) is 0 Å². The van der Waals surface area contributed by atoms with Crippen molar-refractivity contribution in [1.29, 1.82) is 5.41 Å². The fourth-order valence-corrected chi connectivity index (χ4v) is 6.75. The van der Waals surface area contributed by atoms with Crippen LogP contribution < -0.4 is 54.0 Å². The SMILES string of the molecule is CCCCCCCCCCCCCCCC(=O)NCC(=O)N[C@@H](CO)[C@H](O)N[C@@H](CCC(N)=O)[C@H](O)N[C@@H](CCCNC(=N)N)C(=O)N[C@@H](CO)C(=O)N[C@@H](CCCC)C(=O)NC. The van der Waals surface area contributed by atoms with Gasteiger partial charge < -0.3 is 63.8 Å². The lowest BCUT2D eigenvalue weighted by Gasteiger charge is -2.33. The molecule has 0 spiro atoms. The first-order valence-corrected chi connectivity index (χ1v) is 23.0. The van der Waals surface area contributed by atoms with Gasteiger partial charge in [-0.25, -0.2) is 0 Å². The molecule has 0 aliphatic carbocycles. The Bertz CT molecular complexity index is 1320. The van der Waals surface area contributed by atoms with E-state index in [1.54, 1.807) is 0 Å². The van der Waals surface area contributed by atoms with Crippen LogP contribution in [-0.2, 0) is 28.8 Å². The summed E-state index contributed by atoms with van der Waals surface area (Å²) in [6.45, 7) is 2.26. The van der Waals surface area contributed by atoms with Gasteiger partial charge in [-0.2, -0.15) is 0 Å². The summed E-state index contributed by atoms with van der Waals surface area (Å²) in [6, 6.07) is -6.26. The van der Waals surface area contributed by atoms with Crippen molar-refractivity contribution in [3.8, 4) is 0 Å². The van der Waals surface area contributed by atoms with Crippen LogP contribution >= 0.6 is 0 Å². The third-order valence-electron chi connectivity index (χ3n) is 10.6. The van der Waals surface area contributed by atoms with Gasteiger partial charge in [-0.1, -0.05) is 104 Å². The van der Waals surface area contributed by atoms with Crippen molar-refractivity contribution < 1.29 is 49.2 Å². The van der Waals surface area contributed by atoms with Crippen molar-refractivity contribution >= 4 is 41.4 Å². The molecular formula is C42H83N11O10. The average Bonchev–Trinajstić information content (AvgIpc) is 3.25. The summed E-state index contributed by atoms with van der Waals surface area (Å²) < 4.78 is 0. The molecule has 0 aliphatic heterocycles. The summed E-state index contributed by atoms with van der Waals surface area (Å²) in [5.41, 5.74) is 10.7. The van der Waals surface area contributed by atoms with E-state index >= 15 is 0 Å². The quantitative estimate of drug-likeness (QED) is 0.0153. The molecule has 0 saturated heterocycles. The molecule has 0 saturated carbocycles. The smallest absolute Gasteiger partial charge is 0.245 e. The van der Waals surface area contributed by atoms with Crippen molar-refractivity contribution in [2.75, 3.05) is 33.4 Å². The van der Waals surface area contributed by atoms with E-state index in [-0.39, 0.29) is 50.5 Å². The highest BCUT2D eigenvalue weighted by Crippen LogP contribution is 2.13. The Labute approximate surface area is 374 Å². The number of hydrogen-bond acceptors (Lipinski definition) is 13. The standard InChI is InChI=1S/C42H83N11O10/c1-4-6-8-9-10-11-12-13-14-15-16-17-18-22-35(57)48-26-36(58)49-32(27-54)40(62)52-31(23-24-34(43)56)39(61)51-30(21-19-25-47-42(44)45)38(60)53-33(28-55)41(63)50-29(20-7-5-2)37(59)46-3/h29-33,39-40,51-52,54-55,61-62H,4-28H2,1-3H3,(H2,43,56)(H,46,59)(H,48,57)(H,49,58)(H,50,63)(H,53,60)(H4,44,45,47)/t29-,30-,31-,32-,33-,39-,40-/m0/s1. The summed E-state index contributed by atoms with van der Waals surface area (Å²) >= 11 is 0. The second kappa shape index (κ2) is 37.2. The van der Waals surface area contributed by atoms with E-state index in [0.717, 1.165) is 25.7 Å². The number of aliphatic hydroxyl groups is 4. The van der Waals surface area contributed by atoms with Gasteiger partial charge in [0.1, 0.15) is 24.5 Å². The molecule has 0 rings (SSSR count). The Morgan fingerprint density at radius 1 is 0.540 bits per heavy atom. The van der Waals surface area contributed by atoms with E-state index in [2.05, 4.69) is 49.5 Å². The molecule has 0 aromatic carbocycles. The van der Waals surface area contributed by atoms with Gasteiger partial charge in [-0.3, -0.25) is 44.8 Å². The van der Waals surface area contributed by atoms with E-state index in [1.807, 2.05) is 6.92 Å². The van der Waals surface area contributed by atoms with E-state index in [4.69, 9.17) is 16.9 Å². The maximum absolute atomic E-state index is 13.6. The van der Waals surface area contributed by atoms with E-state index in [0.29, 0.717) is 19.3 Å². The van der Waals surface area contributed by atoms with Crippen LogP contribution in [0, 0.1) is 5.41 Å². The molecule has 63 heavy (non-hydrogen) atoms. The molecule has 17 N–H and O–H groups in total. The maximum atomic E-state index is 13.6. The average molecular weight is 902 g/mol. The highest BCUT2D eigenvalue weighted by molar-refractivity contribution is 5.93. The van der Waals surface area contributed by atoms with Crippen molar-refractivity contribution in [3.05, 3.63) is 0 Å². The van der Waals surface area contributed by atoms with Gasteiger partial charge in [-0.15, -0.1) is 0 Å². The van der Waals surface area contributed by atoms with Crippen LogP contribution in [0.15, 0.2) is 0 Å². The van der Waals surface area contributed by atoms with Gasteiger partial charge in [0.2, 0.25) is 35.4 Å². The zero-order chi connectivity index (χ0) is 47.4. The zero-order valence-electron chi connectivity index (χ0n) is 38.1. The van der Waals surface area contributed by atoms with Gasteiger partial charge >= 0.3 is 0 Å². The number of aliphatic hydroxyl groups excluding tert-OH is 4. The predicted molar refractivity (Wildman–Crippen MR) is 240 cm³/mol. The molecule has 0 aromatic heterocycles. The van der Waals surface area contributed by atoms with Gasteiger partial charge in [-0.05, 0) is 32.1 Å². The van der Waals surface area contributed by atoms with Crippen LogP contribution in [0.5, 0.6) is 0 Å². The third-order valence-corrected chi connectivity index (χ3v) is 10.6. The molecule has 0 aromatic rings. The lowest BCUT2D eigenvalue weighted by atomic mass is 10.0. The topological polar surface area (TPSA) is 355 Å². The van der Waals surface area contributed by atoms with E-state index in [1.165, 1.54) is 64.8 Å². The number of hydrogen-bond donors (Lipinski definition) is 15. The van der Waals surface area contributed by atoms with Crippen molar-refractivity contribution in [1.82, 2.24) is 42.5 Å². The van der Waals surface area contributed by atoms with E-state index < -0.39 is 92.0 Å². The molecule has 7 atom stereocenters. The molecule has 0 bridgehead atoms. The number of amides is 6. The molecule has 0 heterocycles.